The fourth-order valence-corrected chi connectivity index (χ4v) is 2.66. The molecule has 0 aromatic carbocycles. The molecule has 5 nitrogen and oxygen atoms in total. The van der Waals surface area contributed by atoms with Crippen molar-refractivity contribution in [2.24, 2.45) is 5.73 Å². The molecule has 1 aliphatic rings. The van der Waals surface area contributed by atoms with E-state index in [0.29, 0.717) is 12.3 Å². The van der Waals surface area contributed by atoms with Crippen molar-refractivity contribution in [3.63, 3.8) is 0 Å². The van der Waals surface area contributed by atoms with Crippen molar-refractivity contribution >= 4 is 5.78 Å². The third-order valence-corrected chi connectivity index (χ3v) is 3.70. The average molecular weight is 217 g/mol. The van der Waals surface area contributed by atoms with E-state index in [-0.39, 0.29) is 5.41 Å². The van der Waals surface area contributed by atoms with E-state index in [0.717, 1.165) is 12.8 Å². The summed E-state index contributed by atoms with van der Waals surface area (Å²) in [5, 5.41) is 4.12. The molecule has 1 saturated carbocycles. The van der Waals surface area contributed by atoms with Gasteiger partial charge in [0.2, 0.25) is 0 Å². The highest BCUT2D eigenvalue weighted by atomic mass is 15.3. The van der Waals surface area contributed by atoms with E-state index >= 15 is 0 Å². The molecule has 0 saturated heterocycles. The van der Waals surface area contributed by atoms with Crippen molar-refractivity contribution < 1.29 is 0 Å². The van der Waals surface area contributed by atoms with Gasteiger partial charge in [-0.05, 0) is 18.4 Å². The lowest BCUT2D eigenvalue weighted by Crippen LogP contribution is -2.32. The van der Waals surface area contributed by atoms with Gasteiger partial charge in [0.25, 0.3) is 5.78 Å². The summed E-state index contributed by atoms with van der Waals surface area (Å²) in [7, 11) is 0. The summed E-state index contributed by atoms with van der Waals surface area (Å²) in [6, 6.07) is 0. The van der Waals surface area contributed by atoms with Crippen LogP contribution < -0.4 is 5.73 Å². The molecule has 84 valence electrons. The number of fused-ring (bicyclic) bond motifs is 1. The van der Waals surface area contributed by atoms with Crippen molar-refractivity contribution in [2.45, 2.75) is 31.1 Å². The Kier molecular flexibility index (Phi) is 2.14. The van der Waals surface area contributed by atoms with E-state index in [1.165, 1.54) is 24.7 Å². The van der Waals surface area contributed by atoms with E-state index < -0.39 is 0 Å². The van der Waals surface area contributed by atoms with Gasteiger partial charge >= 0.3 is 0 Å². The third kappa shape index (κ3) is 1.31. The third-order valence-electron chi connectivity index (χ3n) is 3.70. The first-order valence-corrected chi connectivity index (χ1v) is 5.70. The number of nitrogens with two attached hydrogens (primary N) is 1. The van der Waals surface area contributed by atoms with Crippen molar-refractivity contribution in [3.8, 4) is 0 Å². The first kappa shape index (κ1) is 9.72. The maximum atomic E-state index is 5.95. The van der Waals surface area contributed by atoms with Crippen molar-refractivity contribution in [1.82, 2.24) is 19.6 Å². The van der Waals surface area contributed by atoms with Gasteiger partial charge in [0.15, 0.2) is 0 Å². The molecule has 16 heavy (non-hydrogen) atoms. The van der Waals surface area contributed by atoms with Crippen LogP contribution in [0.25, 0.3) is 5.78 Å². The lowest BCUT2D eigenvalue weighted by molar-refractivity contribution is 0.448. The van der Waals surface area contributed by atoms with Crippen LogP contribution >= 0.6 is 0 Å². The summed E-state index contributed by atoms with van der Waals surface area (Å²) >= 11 is 0. The Morgan fingerprint density at radius 2 is 2.12 bits per heavy atom. The summed E-state index contributed by atoms with van der Waals surface area (Å²) in [5.41, 5.74) is 7.26. The van der Waals surface area contributed by atoms with Gasteiger partial charge in [0.05, 0.1) is 0 Å². The minimum Gasteiger partial charge on any atom is -0.330 e. The lowest BCUT2D eigenvalue weighted by atomic mass is 9.80. The second-order valence-corrected chi connectivity index (χ2v) is 4.54. The zero-order valence-corrected chi connectivity index (χ0v) is 9.13. The summed E-state index contributed by atoms with van der Waals surface area (Å²) in [5.74, 6) is 0.647. The topological polar surface area (TPSA) is 69.1 Å². The molecule has 0 atom stereocenters. The largest absolute Gasteiger partial charge is 0.330 e. The van der Waals surface area contributed by atoms with E-state index in [4.69, 9.17) is 5.73 Å². The first-order chi connectivity index (χ1) is 7.84. The summed E-state index contributed by atoms with van der Waals surface area (Å²) in [6.45, 7) is 0.689. The predicted molar refractivity (Wildman–Crippen MR) is 60.0 cm³/mol. The van der Waals surface area contributed by atoms with Crippen molar-refractivity contribution in [1.29, 1.82) is 0 Å². The zero-order chi connectivity index (χ0) is 11.0. The Morgan fingerprint density at radius 3 is 2.88 bits per heavy atom. The molecule has 1 fully saturated rings. The van der Waals surface area contributed by atoms with E-state index in [1.54, 1.807) is 4.52 Å². The van der Waals surface area contributed by atoms with Gasteiger partial charge in [-0.25, -0.2) is 9.50 Å². The highest BCUT2D eigenvalue weighted by Crippen LogP contribution is 2.39. The molecule has 1 aliphatic carbocycles. The maximum Gasteiger partial charge on any atom is 0.252 e. The number of rotatable bonds is 2. The van der Waals surface area contributed by atoms with Crippen molar-refractivity contribution in [2.75, 3.05) is 6.54 Å². The van der Waals surface area contributed by atoms with Crippen LogP contribution in [-0.4, -0.2) is 26.1 Å². The van der Waals surface area contributed by atoms with Crippen molar-refractivity contribution in [3.05, 3.63) is 24.3 Å². The number of hydrogen-bond acceptors (Lipinski definition) is 4. The van der Waals surface area contributed by atoms with Gasteiger partial charge in [-0.1, -0.05) is 12.8 Å². The van der Waals surface area contributed by atoms with Crippen LogP contribution in [0.2, 0.25) is 0 Å². The van der Waals surface area contributed by atoms with E-state index in [2.05, 4.69) is 15.1 Å². The predicted octanol–water partition coefficient (Wildman–Crippen LogP) is 0.895. The first-order valence-electron chi connectivity index (χ1n) is 5.70. The monoisotopic (exact) mass is 217 g/mol. The highest BCUT2D eigenvalue weighted by Gasteiger charge is 2.34. The Balaban J connectivity index is 2.09. The molecule has 2 aromatic rings. The molecular weight excluding hydrogens is 202 g/mol. The van der Waals surface area contributed by atoms with Gasteiger partial charge < -0.3 is 5.73 Å². The fourth-order valence-electron chi connectivity index (χ4n) is 2.66. The summed E-state index contributed by atoms with van der Waals surface area (Å²) < 4.78 is 1.73. The molecule has 2 aromatic heterocycles. The molecule has 2 heterocycles. The second kappa shape index (κ2) is 3.52. The molecule has 0 aliphatic heterocycles. The SMILES string of the molecule is NCC1(c2cnc3ncnn3c2)CCCC1. The molecule has 0 amide bonds. The zero-order valence-electron chi connectivity index (χ0n) is 9.13. The molecule has 0 unspecified atom stereocenters. The van der Waals surface area contributed by atoms with Crippen LogP contribution in [0.3, 0.4) is 0 Å². The Bertz CT molecular complexity index is 498. The smallest absolute Gasteiger partial charge is 0.252 e. The molecule has 0 radical (unpaired) electrons. The van der Waals surface area contributed by atoms with Crippen LogP contribution in [0.4, 0.5) is 0 Å². The van der Waals surface area contributed by atoms with Gasteiger partial charge in [-0.15, -0.1) is 0 Å². The van der Waals surface area contributed by atoms with Gasteiger partial charge in [0, 0.05) is 24.4 Å². The molecule has 3 rings (SSSR count). The van der Waals surface area contributed by atoms with Gasteiger partial charge in [-0.3, -0.25) is 0 Å². The normalized spacial score (nSPS) is 19.3. The number of aromatic nitrogens is 4. The average Bonchev–Trinajstić information content (AvgIpc) is 2.97. The van der Waals surface area contributed by atoms with Gasteiger partial charge in [0.1, 0.15) is 6.33 Å². The van der Waals surface area contributed by atoms with Crippen LogP contribution in [-0.2, 0) is 5.41 Å². The minimum atomic E-state index is 0.118. The molecule has 0 spiro atoms. The molecule has 0 bridgehead atoms. The number of hydrogen-bond donors (Lipinski definition) is 1. The maximum absolute atomic E-state index is 5.95. The van der Waals surface area contributed by atoms with E-state index in [9.17, 15) is 0 Å². The van der Waals surface area contributed by atoms with E-state index in [1.807, 2.05) is 12.4 Å². The van der Waals surface area contributed by atoms with Crippen LogP contribution in [0.5, 0.6) is 0 Å². The second-order valence-electron chi connectivity index (χ2n) is 4.54. The van der Waals surface area contributed by atoms with Gasteiger partial charge in [-0.2, -0.15) is 10.1 Å². The summed E-state index contributed by atoms with van der Waals surface area (Å²) in [6.07, 6.45) is 10.3. The molecular formula is C11H15N5. The Morgan fingerprint density at radius 1 is 1.31 bits per heavy atom. The highest BCUT2D eigenvalue weighted by molar-refractivity contribution is 5.30. The van der Waals surface area contributed by atoms with Crippen LogP contribution in [0.1, 0.15) is 31.2 Å². The number of nitrogens with zero attached hydrogens (tertiary/aromatic N) is 4. The molecule has 5 heteroatoms. The molecule has 2 N–H and O–H groups in total. The quantitative estimate of drug-likeness (QED) is 0.811. The minimum absolute atomic E-state index is 0.118. The lowest BCUT2D eigenvalue weighted by Gasteiger charge is -2.26. The Hall–Kier alpha value is -1.49. The standard InChI is InChI=1S/C11H15N5/c12-7-11(3-1-2-4-11)9-5-13-10-14-8-15-16(10)6-9/h5-6,8H,1-4,7,12H2. The van der Waals surface area contributed by atoms with Crippen LogP contribution in [0, 0.1) is 0 Å². The fraction of sp³-hybridized carbons (Fsp3) is 0.545. The van der Waals surface area contributed by atoms with Crippen LogP contribution in [0.15, 0.2) is 18.7 Å². The summed E-state index contributed by atoms with van der Waals surface area (Å²) in [4.78, 5) is 8.36. The Labute approximate surface area is 93.7 Å².